The molecule has 0 radical (unpaired) electrons. The van der Waals surface area contributed by atoms with Gasteiger partial charge in [0.25, 0.3) is 0 Å². The molecule has 0 saturated carbocycles. The predicted molar refractivity (Wildman–Crippen MR) is 63.2 cm³/mol. The van der Waals surface area contributed by atoms with Crippen LogP contribution in [-0.4, -0.2) is 28.1 Å². The first-order valence-corrected chi connectivity index (χ1v) is 4.73. The first kappa shape index (κ1) is 10.9. The van der Waals surface area contributed by atoms with E-state index in [4.69, 9.17) is 16.2 Å². The summed E-state index contributed by atoms with van der Waals surface area (Å²) in [5, 5.41) is 10.2. The number of phenolic OH excluding ortho intramolecular Hbond substituents is 1. The summed E-state index contributed by atoms with van der Waals surface area (Å²) in [6.07, 6.45) is 1.32. The fourth-order valence-electron chi connectivity index (χ4n) is 1.43. The standard InChI is InChI=1S/C10H11N5O2/c1-17-8-2-5-6(3-7(8)16)13-4-14-9(5)15-10(11)12/h2-4,16H,1H3,(H4,11,12,13,14,15). The molecule has 1 aromatic heterocycles. The normalized spacial score (nSPS) is 10.2. The predicted octanol–water partition coefficient (Wildman–Crippen LogP) is 0.249. The molecule has 0 bridgehead atoms. The van der Waals surface area contributed by atoms with Crippen LogP contribution in [-0.2, 0) is 0 Å². The summed E-state index contributed by atoms with van der Waals surface area (Å²) >= 11 is 0. The highest BCUT2D eigenvalue weighted by Gasteiger charge is 2.09. The van der Waals surface area contributed by atoms with Crippen LogP contribution in [0.5, 0.6) is 11.5 Å². The number of phenols is 1. The molecular weight excluding hydrogens is 222 g/mol. The van der Waals surface area contributed by atoms with E-state index in [9.17, 15) is 5.11 Å². The van der Waals surface area contributed by atoms with Crippen molar-refractivity contribution in [1.29, 1.82) is 0 Å². The molecule has 0 fully saturated rings. The maximum atomic E-state index is 9.61. The van der Waals surface area contributed by atoms with Gasteiger partial charge < -0.3 is 21.3 Å². The molecule has 1 heterocycles. The van der Waals surface area contributed by atoms with E-state index in [0.29, 0.717) is 22.5 Å². The largest absolute Gasteiger partial charge is 0.504 e. The van der Waals surface area contributed by atoms with E-state index in [0.717, 1.165) is 0 Å². The fraction of sp³-hybridized carbons (Fsp3) is 0.100. The number of aliphatic imine (C=N–C) groups is 1. The summed E-state index contributed by atoms with van der Waals surface area (Å²) in [6, 6.07) is 3.04. The summed E-state index contributed by atoms with van der Waals surface area (Å²) < 4.78 is 5.00. The zero-order chi connectivity index (χ0) is 12.4. The van der Waals surface area contributed by atoms with Gasteiger partial charge in [-0.3, -0.25) is 0 Å². The van der Waals surface area contributed by atoms with E-state index in [1.165, 1.54) is 19.5 Å². The second-order valence-corrected chi connectivity index (χ2v) is 3.28. The molecule has 0 unspecified atom stereocenters. The second-order valence-electron chi connectivity index (χ2n) is 3.28. The number of hydrogen-bond donors (Lipinski definition) is 3. The van der Waals surface area contributed by atoms with Crippen molar-refractivity contribution < 1.29 is 9.84 Å². The van der Waals surface area contributed by atoms with E-state index in [2.05, 4.69) is 15.0 Å². The molecule has 88 valence electrons. The molecule has 1 aromatic carbocycles. The summed E-state index contributed by atoms with van der Waals surface area (Å²) in [4.78, 5) is 11.8. The van der Waals surface area contributed by atoms with Crippen LogP contribution in [0.3, 0.4) is 0 Å². The summed E-state index contributed by atoms with van der Waals surface area (Å²) in [7, 11) is 1.45. The van der Waals surface area contributed by atoms with Gasteiger partial charge in [0.2, 0.25) is 0 Å². The number of ether oxygens (including phenoxy) is 1. The Morgan fingerprint density at radius 2 is 2.12 bits per heavy atom. The number of hydrogen-bond acceptors (Lipinski definition) is 5. The Morgan fingerprint density at radius 3 is 2.76 bits per heavy atom. The van der Waals surface area contributed by atoms with E-state index in [1.54, 1.807) is 6.07 Å². The third-order valence-corrected chi connectivity index (χ3v) is 2.15. The zero-order valence-corrected chi connectivity index (χ0v) is 9.08. The van der Waals surface area contributed by atoms with Gasteiger partial charge in [0.05, 0.1) is 12.6 Å². The molecule has 0 saturated heterocycles. The number of aromatic hydroxyl groups is 1. The topological polar surface area (TPSA) is 120 Å². The molecule has 0 spiro atoms. The van der Waals surface area contributed by atoms with E-state index < -0.39 is 0 Å². The Labute approximate surface area is 96.8 Å². The quantitative estimate of drug-likeness (QED) is 0.505. The SMILES string of the molecule is COc1cc2c(N=C(N)N)ncnc2cc1O. The molecule has 0 amide bonds. The number of fused-ring (bicyclic) bond motifs is 1. The molecule has 7 nitrogen and oxygen atoms in total. The first-order valence-electron chi connectivity index (χ1n) is 4.73. The van der Waals surface area contributed by atoms with Gasteiger partial charge in [-0.25, -0.2) is 9.97 Å². The minimum absolute atomic E-state index is 0.00523. The lowest BCUT2D eigenvalue weighted by Crippen LogP contribution is -2.22. The van der Waals surface area contributed by atoms with Gasteiger partial charge in [-0.1, -0.05) is 0 Å². The third-order valence-electron chi connectivity index (χ3n) is 2.15. The van der Waals surface area contributed by atoms with E-state index >= 15 is 0 Å². The smallest absolute Gasteiger partial charge is 0.192 e. The minimum Gasteiger partial charge on any atom is -0.504 e. The second kappa shape index (κ2) is 4.12. The van der Waals surface area contributed by atoms with Gasteiger partial charge in [-0.05, 0) is 6.07 Å². The van der Waals surface area contributed by atoms with Crippen molar-refractivity contribution in [3.05, 3.63) is 18.5 Å². The van der Waals surface area contributed by atoms with Crippen molar-refractivity contribution >= 4 is 22.7 Å². The van der Waals surface area contributed by atoms with Crippen molar-refractivity contribution in [2.24, 2.45) is 16.5 Å². The van der Waals surface area contributed by atoms with Crippen molar-refractivity contribution in [1.82, 2.24) is 9.97 Å². The fourth-order valence-corrected chi connectivity index (χ4v) is 1.43. The lowest BCUT2D eigenvalue weighted by molar-refractivity contribution is 0.374. The highest BCUT2D eigenvalue weighted by Crippen LogP contribution is 2.33. The van der Waals surface area contributed by atoms with Crippen LogP contribution < -0.4 is 16.2 Å². The third kappa shape index (κ3) is 2.03. The molecule has 0 aliphatic heterocycles. The van der Waals surface area contributed by atoms with Crippen LogP contribution in [0.15, 0.2) is 23.5 Å². The maximum Gasteiger partial charge on any atom is 0.192 e. The van der Waals surface area contributed by atoms with Crippen LogP contribution in [0, 0.1) is 0 Å². The zero-order valence-electron chi connectivity index (χ0n) is 9.08. The minimum atomic E-state index is -0.1000. The molecule has 2 aromatic rings. The summed E-state index contributed by atoms with van der Waals surface area (Å²) in [5.41, 5.74) is 11.1. The Morgan fingerprint density at radius 1 is 1.35 bits per heavy atom. The number of benzene rings is 1. The van der Waals surface area contributed by atoms with Crippen LogP contribution in [0.1, 0.15) is 0 Å². The number of nitrogens with zero attached hydrogens (tertiary/aromatic N) is 3. The van der Waals surface area contributed by atoms with Crippen molar-refractivity contribution in [2.75, 3.05) is 7.11 Å². The van der Waals surface area contributed by atoms with E-state index in [1.807, 2.05) is 0 Å². The number of rotatable bonds is 2. The molecule has 2 rings (SSSR count). The van der Waals surface area contributed by atoms with Crippen LogP contribution >= 0.6 is 0 Å². The average Bonchev–Trinajstić information content (AvgIpc) is 2.27. The van der Waals surface area contributed by atoms with Gasteiger partial charge in [0.15, 0.2) is 23.3 Å². The monoisotopic (exact) mass is 233 g/mol. The molecule has 5 N–H and O–H groups in total. The molecule has 0 aliphatic rings. The van der Waals surface area contributed by atoms with Crippen LogP contribution in [0.2, 0.25) is 0 Å². The van der Waals surface area contributed by atoms with Gasteiger partial charge in [0.1, 0.15) is 6.33 Å². The van der Waals surface area contributed by atoms with Crippen LogP contribution in [0.4, 0.5) is 5.82 Å². The van der Waals surface area contributed by atoms with Crippen molar-refractivity contribution in [3.8, 4) is 11.5 Å². The summed E-state index contributed by atoms with van der Waals surface area (Å²) in [5.74, 6) is 0.527. The highest BCUT2D eigenvalue weighted by atomic mass is 16.5. The van der Waals surface area contributed by atoms with Crippen LogP contribution in [0.25, 0.3) is 10.9 Å². The van der Waals surface area contributed by atoms with Gasteiger partial charge >= 0.3 is 0 Å². The highest BCUT2D eigenvalue weighted by molar-refractivity contribution is 5.92. The Bertz CT molecular complexity index is 593. The van der Waals surface area contributed by atoms with Gasteiger partial charge in [-0.2, -0.15) is 4.99 Å². The Hall–Kier alpha value is -2.57. The van der Waals surface area contributed by atoms with Gasteiger partial charge in [-0.15, -0.1) is 0 Å². The summed E-state index contributed by atoms with van der Waals surface area (Å²) in [6.45, 7) is 0. The van der Waals surface area contributed by atoms with Gasteiger partial charge in [0, 0.05) is 11.5 Å². The molecule has 0 atom stereocenters. The first-order chi connectivity index (χ1) is 8.11. The number of aromatic nitrogens is 2. The van der Waals surface area contributed by atoms with Crippen molar-refractivity contribution in [2.45, 2.75) is 0 Å². The lowest BCUT2D eigenvalue weighted by atomic mass is 10.2. The number of nitrogens with two attached hydrogens (primary N) is 2. The average molecular weight is 233 g/mol. The number of methoxy groups -OCH3 is 1. The Balaban J connectivity index is 2.74. The maximum absolute atomic E-state index is 9.61. The Kier molecular flexibility index (Phi) is 2.65. The van der Waals surface area contributed by atoms with Crippen molar-refractivity contribution in [3.63, 3.8) is 0 Å². The molecular formula is C10H11N5O2. The molecule has 7 heteroatoms. The van der Waals surface area contributed by atoms with E-state index in [-0.39, 0.29) is 11.7 Å². The number of guanidine groups is 1. The molecule has 0 aliphatic carbocycles. The molecule has 17 heavy (non-hydrogen) atoms. The lowest BCUT2D eigenvalue weighted by Gasteiger charge is -2.06.